The molecule has 1 aliphatic carbocycles. The highest BCUT2D eigenvalue weighted by molar-refractivity contribution is 7.92. The van der Waals surface area contributed by atoms with Gasteiger partial charge in [0.25, 0.3) is 15.9 Å². The molecule has 0 amide bonds. The summed E-state index contributed by atoms with van der Waals surface area (Å²) >= 11 is 0. The van der Waals surface area contributed by atoms with Gasteiger partial charge >= 0.3 is 0 Å². The van der Waals surface area contributed by atoms with Crippen molar-refractivity contribution in [1.29, 1.82) is 0 Å². The van der Waals surface area contributed by atoms with E-state index < -0.39 is 15.6 Å². The number of benzene rings is 2. The van der Waals surface area contributed by atoms with Crippen LogP contribution in [0.15, 0.2) is 64.0 Å². The Morgan fingerprint density at radius 1 is 1.07 bits per heavy atom. The number of hydrogen-bond donors (Lipinski definition) is 1. The fraction of sp³-hybridized carbons (Fsp3) is 0.263. The quantitative estimate of drug-likeness (QED) is 0.726. The zero-order valence-electron chi connectivity index (χ0n) is 14.9. The third-order valence-corrected chi connectivity index (χ3v) is 6.80. The molecule has 0 aliphatic heterocycles. The van der Waals surface area contributed by atoms with Crippen LogP contribution in [0.2, 0.25) is 0 Å². The third-order valence-electron chi connectivity index (χ3n) is 5.00. The summed E-state index contributed by atoms with van der Waals surface area (Å²) in [6.45, 7) is 0. The molecule has 0 atom stereocenters. The van der Waals surface area contributed by atoms with Crippen molar-refractivity contribution in [2.24, 2.45) is 5.73 Å². The van der Waals surface area contributed by atoms with E-state index in [2.05, 4.69) is 10.1 Å². The summed E-state index contributed by atoms with van der Waals surface area (Å²) in [4.78, 5) is 4.57. The van der Waals surface area contributed by atoms with Gasteiger partial charge in [0.2, 0.25) is 0 Å². The van der Waals surface area contributed by atoms with Crippen molar-refractivity contribution in [3.05, 3.63) is 60.4 Å². The summed E-state index contributed by atoms with van der Waals surface area (Å²) in [7, 11) is -2.13. The van der Waals surface area contributed by atoms with Gasteiger partial charge < -0.3 is 10.3 Å². The number of nitrogens with zero attached hydrogens (tertiary/aromatic N) is 3. The van der Waals surface area contributed by atoms with Crippen LogP contribution in [0.3, 0.4) is 0 Å². The van der Waals surface area contributed by atoms with Crippen molar-refractivity contribution in [2.75, 3.05) is 11.4 Å². The van der Waals surface area contributed by atoms with Crippen LogP contribution in [0.25, 0.3) is 11.5 Å². The minimum Gasteiger partial charge on any atom is -0.334 e. The Kier molecular flexibility index (Phi) is 4.24. The molecule has 0 saturated heterocycles. The first-order valence-electron chi connectivity index (χ1n) is 8.68. The van der Waals surface area contributed by atoms with Gasteiger partial charge in [-0.15, -0.1) is 0 Å². The fourth-order valence-electron chi connectivity index (χ4n) is 3.03. The van der Waals surface area contributed by atoms with Crippen molar-refractivity contribution in [1.82, 2.24) is 10.1 Å². The summed E-state index contributed by atoms with van der Waals surface area (Å²) in [5.74, 6) is 0.839. The second kappa shape index (κ2) is 6.47. The summed E-state index contributed by atoms with van der Waals surface area (Å²) in [6, 6.07) is 15.3. The van der Waals surface area contributed by atoms with Crippen LogP contribution >= 0.6 is 0 Å². The number of rotatable bonds is 5. The van der Waals surface area contributed by atoms with E-state index in [-0.39, 0.29) is 4.90 Å². The first kappa shape index (κ1) is 17.7. The van der Waals surface area contributed by atoms with Gasteiger partial charge in [0.15, 0.2) is 5.82 Å². The molecule has 8 heteroatoms. The zero-order valence-corrected chi connectivity index (χ0v) is 15.7. The maximum Gasteiger partial charge on any atom is 0.264 e. The molecule has 1 aromatic heterocycles. The topological polar surface area (TPSA) is 102 Å². The predicted molar refractivity (Wildman–Crippen MR) is 101 cm³/mol. The molecule has 140 valence electrons. The van der Waals surface area contributed by atoms with Crippen molar-refractivity contribution in [3.63, 3.8) is 0 Å². The van der Waals surface area contributed by atoms with Gasteiger partial charge in [-0.25, -0.2) is 8.42 Å². The second-order valence-electron chi connectivity index (χ2n) is 6.77. The molecule has 1 heterocycles. The first-order valence-corrected chi connectivity index (χ1v) is 10.1. The number of aromatic nitrogens is 2. The first-order chi connectivity index (χ1) is 12.9. The Bertz CT molecular complexity index is 1040. The van der Waals surface area contributed by atoms with Gasteiger partial charge in [-0.05, 0) is 55.7 Å². The minimum absolute atomic E-state index is 0.187. The van der Waals surface area contributed by atoms with Crippen LogP contribution in [-0.2, 0) is 15.6 Å². The van der Waals surface area contributed by atoms with E-state index in [1.54, 1.807) is 36.4 Å². The minimum atomic E-state index is -3.66. The van der Waals surface area contributed by atoms with Crippen LogP contribution in [0, 0.1) is 0 Å². The second-order valence-corrected chi connectivity index (χ2v) is 8.73. The van der Waals surface area contributed by atoms with E-state index in [0.29, 0.717) is 23.0 Å². The van der Waals surface area contributed by atoms with Gasteiger partial charge in [0.1, 0.15) is 0 Å². The van der Waals surface area contributed by atoms with Crippen molar-refractivity contribution in [2.45, 2.75) is 29.7 Å². The van der Waals surface area contributed by atoms with Crippen LogP contribution in [0.4, 0.5) is 5.69 Å². The van der Waals surface area contributed by atoms with Crippen molar-refractivity contribution in [3.8, 4) is 11.5 Å². The van der Waals surface area contributed by atoms with Crippen LogP contribution in [0.5, 0.6) is 0 Å². The van der Waals surface area contributed by atoms with Crippen molar-refractivity contribution < 1.29 is 12.9 Å². The molecule has 4 rings (SSSR count). The largest absolute Gasteiger partial charge is 0.334 e. The molecule has 0 bridgehead atoms. The van der Waals surface area contributed by atoms with Gasteiger partial charge in [0, 0.05) is 12.6 Å². The predicted octanol–water partition coefficient (Wildman–Crippen LogP) is 2.90. The molecule has 0 unspecified atom stereocenters. The number of nitrogens with two attached hydrogens (primary N) is 1. The van der Waals surface area contributed by atoms with E-state index >= 15 is 0 Å². The molecule has 2 aromatic carbocycles. The smallest absolute Gasteiger partial charge is 0.264 e. The number of anilines is 1. The molecule has 0 spiro atoms. The van der Waals surface area contributed by atoms with Crippen molar-refractivity contribution >= 4 is 15.7 Å². The highest BCUT2D eigenvalue weighted by Crippen LogP contribution is 2.37. The van der Waals surface area contributed by atoms with Crippen LogP contribution in [0.1, 0.15) is 25.1 Å². The lowest BCUT2D eigenvalue weighted by atomic mass is 9.77. The maximum atomic E-state index is 12.8. The zero-order chi connectivity index (χ0) is 19.1. The monoisotopic (exact) mass is 384 g/mol. The molecule has 7 nitrogen and oxygen atoms in total. The van der Waals surface area contributed by atoms with E-state index in [9.17, 15) is 8.42 Å². The molecular formula is C19H20N4O3S. The average Bonchev–Trinajstić information content (AvgIpc) is 3.17. The molecule has 1 fully saturated rings. The number of sulfonamides is 1. The molecule has 0 radical (unpaired) electrons. The molecule has 2 N–H and O–H groups in total. The maximum absolute atomic E-state index is 12.8. The summed E-state index contributed by atoms with van der Waals surface area (Å²) in [6.07, 6.45) is 2.74. The van der Waals surface area contributed by atoms with E-state index in [1.165, 1.54) is 23.5 Å². The van der Waals surface area contributed by atoms with E-state index in [1.807, 2.05) is 6.07 Å². The van der Waals surface area contributed by atoms with Crippen LogP contribution in [-0.4, -0.2) is 25.6 Å². The lowest BCUT2D eigenvalue weighted by Crippen LogP contribution is -2.44. The number of hydrogen-bond acceptors (Lipinski definition) is 6. The van der Waals surface area contributed by atoms with Crippen LogP contribution < -0.4 is 10.0 Å². The summed E-state index contributed by atoms with van der Waals surface area (Å²) in [5.41, 5.74) is 6.96. The van der Waals surface area contributed by atoms with Gasteiger partial charge in [-0.2, -0.15) is 4.98 Å². The molecule has 27 heavy (non-hydrogen) atoms. The lowest BCUT2D eigenvalue weighted by Gasteiger charge is -2.34. The van der Waals surface area contributed by atoms with E-state index in [0.717, 1.165) is 19.3 Å². The summed E-state index contributed by atoms with van der Waals surface area (Å²) < 4.78 is 32.2. The Morgan fingerprint density at radius 3 is 2.33 bits per heavy atom. The Balaban J connectivity index is 1.59. The Labute approximate surface area is 157 Å². The third kappa shape index (κ3) is 3.11. The Morgan fingerprint density at radius 2 is 1.74 bits per heavy atom. The fourth-order valence-corrected chi connectivity index (χ4v) is 4.22. The SMILES string of the molecule is CN(c1ccccc1)S(=O)(=O)c1ccc(-c2nc(C3(N)CCC3)no2)cc1. The Hall–Kier alpha value is -2.71. The molecule has 1 aliphatic rings. The van der Waals surface area contributed by atoms with Gasteiger partial charge in [-0.3, -0.25) is 4.31 Å². The molecule has 3 aromatic rings. The number of para-hydroxylation sites is 1. The summed E-state index contributed by atoms with van der Waals surface area (Å²) in [5, 5.41) is 3.99. The van der Waals surface area contributed by atoms with Gasteiger partial charge in [0.05, 0.1) is 16.1 Å². The lowest BCUT2D eigenvalue weighted by molar-refractivity contribution is 0.229. The van der Waals surface area contributed by atoms with E-state index in [4.69, 9.17) is 10.3 Å². The highest BCUT2D eigenvalue weighted by Gasteiger charge is 2.39. The normalized spacial score (nSPS) is 15.9. The molecular weight excluding hydrogens is 364 g/mol. The highest BCUT2D eigenvalue weighted by atomic mass is 32.2. The standard InChI is InChI=1S/C19H20N4O3S/c1-23(15-6-3-2-4-7-15)27(24,25)16-10-8-14(9-11-16)17-21-18(22-26-17)19(20)12-5-13-19/h2-4,6-11H,5,12-13,20H2,1H3. The molecule has 1 saturated carbocycles. The van der Waals surface area contributed by atoms with Gasteiger partial charge in [-0.1, -0.05) is 23.4 Å². The average molecular weight is 384 g/mol.